The molecule has 8 nitrogen and oxygen atoms in total. The number of primary amides is 1. The Morgan fingerprint density at radius 3 is 2.70 bits per heavy atom. The smallest absolute Gasteiger partial charge is 0.265 e. The lowest BCUT2D eigenvalue weighted by atomic mass is 10.2. The van der Waals surface area contributed by atoms with E-state index in [0.717, 1.165) is 4.31 Å². The molecular weight excluding hydrogens is 284 g/mol. The topological polar surface area (TPSA) is 114 Å². The molecule has 3 N–H and O–H groups in total. The fraction of sp³-hybridized carbons (Fsp3) is 0.455. The quantitative estimate of drug-likeness (QED) is 0.717. The van der Waals surface area contributed by atoms with Gasteiger partial charge in [-0.25, -0.2) is 8.42 Å². The predicted octanol–water partition coefficient (Wildman–Crippen LogP) is -1.37. The van der Waals surface area contributed by atoms with E-state index in [1.165, 1.54) is 30.8 Å². The first-order valence-electron chi connectivity index (χ1n) is 6.01. The summed E-state index contributed by atoms with van der Waals surface area (Å²) in [4.78, 5) is 22.7. The summed E-state index contributed by atoms with van der Waals surface area (Å²) in [6.45, 7) is 1.97. The molecular formula is C11H16N4O4S. The van der Waals surface area contributed by atoms with Crippen molar-refractivity contribution in [2.45, 2.75) is 17.9 Å². The van der Waals surface area contributed by atoms with Crippen molar-refractivity contribution >= 4 is 21.8 Å². The van der Waals surface area contributed by atoms with Crippen LogP contribution in [-0.4, -0.2) is 48.2 Å². The maximum atomic E-state index is 12.5. The van der Waals surface area contributed by atoms with Crippen molar-refractivity contribution in [3.05, 3.63) is 18.0 Å². The van der Waals surface area contributed by atoms with Crippen molar-refractivity contribution in [1.82, 2.24) is 14.2 Å². The second-order valence-electron chi connectivity index (χ2n) is 4.62. The Labute approximate surface area is 116 Å². The number of rotatable bonds is 3. The number of nitrogens with one attached hydrogen (secondary N) is 1. The number of hydrogen-bond donors (Lipinski definition) is 2. The van der Waals surface area contributed by atoms with Crippen LogP contribution in [0.25, 0.3) is 0 Å². The zero-order chi connectivity index (χ0) is 15.1. The zero-order valence-corrected chi connectivity index (χ0v) is 12.0. The molecule has 2 rings (SSSR count). The molecule has 20 heavy (non-hydrogen) atoms. The minimum Gasteiger partial charge on any atom is -0.364 e. The van der Waals surface area contributed by atoms with E-state index in [1.807, 2.05) is 0 Å². The van der Waals surface area contributed by atoms with Crippen LogP contribution in [0.2, 0.25) is 0 Å². The van der Waals surface area contributed by atoms with Gasteiger partial charge in [0.15, 0.2) is 0 Å². The van der Waals surface area contributed by atoms with Gasteiger partial charge in [0.2, 0.25) is 15.9 Å². The Kier molecular flexibility index (Phi) is 3.57. The Hall–Kier alpha value is -1.87. The molecule has 0 saturated carbocycles. The van der Waals surface area contributed by atoms with E-state index in [4.69, 9.17) is 5.73 Å². The van der Waals surface area contributed by atoms with Gasteiger partial charge in [-0.15, -0.1) is 0 Å². The first-order valence-corrected chi connectivity index (χ1v) is 7.45. The molecule has 1 aliphatic heterocycles. The maximum absolute atomic E-state index is 12.5. The van der Waals surface area contributed by atoms with Crippen molar-refractivity contribution < 1.29 is 18.0 Å². The highest BCUT2D eigenvalue weighted by atomic mass is 32.2. The molecule has 110 valence electrons. The molecule has 0 radical (unpaired) electrons. The van der Waals surface area contributed by atoms with E-state index in [1.54, 1.807) is 0 Å². The summed E-state index contributed by atoms with van der Waals surface area (Å²) in [5.74, 6) is -1.05. The highest BCUT2D eigenvalue weighted by Gasteiger charge is 2.36. The van der Waals surface area contributed by atoms with Crippen molar-refractivity contribution in [3.63, 3.8) is 0 Å². The zero-order valence-electron chi connectivity index (χ0n) is 11.2. The number of hydrogen-bond acceptors (Lipinski definition) is 4. The highest BCUT2D eigenvalue weighted by Crippen LogP contribution is 2.21. The second kappa shape index (κ2) is 4.91. The van der Waals surface area contributed by atoms with Crippen LogP contribution < -0.4 is 11.1 Å². The molecule has 2 heterocycles. The minimum atomic E-state index is -3.84. The van der Waals surface area contributed by atoms with Gasteiger partial charge in [-0.2, -0.15) is 4.31 Å². The van der Waals surface area contributed by atoms with Crippen LogP contribution in [0.3, 0.4) is 0 Å². The number of carbonyl (C=O) groups excluding carboxylic acids is 2. The lowest BCUT2D eigenvalue weighted by Crippen LogP contribution is -2.55. The van der Waals surface area contributed by atoms with E-state index in [9.17, 15) is 18.0 Å². The lowest BCUT2D eigenvalue weighted by Gasteiger charge is -2.31. The largest absolute Gasteiger partial charge is 0.364 e. The number of carbonyl (C=O) groups is 2. The van der Waals surface area contributed by atoms with Gasteiger partial charge >= 0.3 is 0 Å². The molecule has 0 bridgehead atoms. The van der Waals surface area contributed by atoms with Gasteiger partial charge in [-0.05, 0) is 13.0 Å². The average molecular weight is 300 g/mol. The van der Waals surface area contributed by atoms with Gasteiger partial charge in [0.25, 0.3) is 5.91 Å². The third kappa shape index (κ3) is 2.29. The lowest BCUT2D eigenvalue weighted by molar-refractivity contribution is -0.126. The number of aryl methyl sites for hydroxylation is 1. The highest BCUT2D eigenvalue weighted by molar-refractivity contribution is 7.89. The number of nitrogens with two attached hydrogens (primary N) is 1. The summed E-state index contributed by atoms with van der Waals surface area (Å²) in [7, 11) is -2.30. The van der Waals surface area contributed by atoms with Gasteiger partial charge in [-0.3, -0.25) is 9.59 Å². The molecule has 2 amide bonds. The summed E-state index contributed by atoms with van der Waals surface area (Å²) < 4.78 is 27.5. The third-order valence-electron chi connectivity index (χ3n) is 3.28. The van der Waals surface area contributed by atoms with E-state index >= 15 is 0 Å². The molecule has 1 fully saturated rings. The fourth-order valence-electron chi connectivity index (χ4n) is 2.15. The molecule has 1 aromatic rings. The molecule has 0 spiro atoms. The van der Waals surface area contributed by atoms with Gasteiger partial charge in [0.05, 0.1) is 0 Å². The summed E-state index contributed by atoms with van der Waals surface area (Å²) in [5.41, 5.74) is 5.26. The number of nitrogens with zero attached hydrogens (tertiary/aromatic N) is 2. The van der Waals surface area contributed by atoms with E-state index in [0.29, 0.717) is 0 Å². The summed E-state index contributed by atoms with van der Waals surface area (Å²) in [6, 6.07) is 0.433. The molecule has 1 unspecified atom stereocenters. The minimum absolute atomic E-state index is 0.0460. The standard InChI is InChI=1S/C11H16N4O4S/c1-7-11(17)13-3-4-15(7)20(18,19)8-5-9(10(12)16)14(2)6-8/h5-7H,3-4H2,1-2H3,(H2,12,16)(H,13,17). The first-order chi connectivity index (χ1) is 9.25. The molecule has 0 aliphatic carbocycles. The Balaban J connectivity index is 2.42. The first kappa shape index (κ1) is 14.5. The predicted molar refractivity (Wildman–Crippen MR) is 70.3 cm³/mol. The summed E-state index contributed by atoms with van der Waals surface area (Å²) in [5, 5.41) is 2.60. The summed E-state index contributed by atoms with van der Waals surface area (Å²) >= 11 is 0. The van der Waals surface area contributed by atoms with E-state index in [2.05, 4.69) is 5.32 Å². The van der Waals surface area contributed by atoms with Crippen molar-refractivity contribution in [1.29, 1.82) is 0 Å². The normalized spacial score (nSPS) is 20.7. The Bertz CT molecular complexity index is 664. The molecule has 1 atom stereocenters. The van der Waals surface area contributed by atoms with Crippen LogP contribution in [0.1, 0.15) is 17.4 Å². The van der Waals surface area contributed by atoms with Crippen LogP contribution in [-0.2, 0) is 21.9 Å². The molecule has 1 aliphatic rings. The Morgan fingerprint density at radius 1 is 1.50 bits per heavy atom. The average Bonchev–Trinajstić information content (AvgIpc) is 2.75. The van der Waals surface area contributed by atoms with Crippen molar-refractivity contribution in [2.24, 2.45) is 12.8 Å². The number of piperazine rings is 1. The van der Waals surface area contributed by atoms with Crippen LogP contribution in [0, 0.1) is 0 Å². The van der Waals surface area contributed by atoms with E-state index in [-0.39, 0.29) is 29.6 Å². The number of amides is 2. The molecule has 9 heteroatoms. The van der Waals surface area contributed by atoms with Gasteiger partial charge in [-0.1, -0.05) is 0 Å². The van der Waals surface area contributed by atoms with Gasteiger partial charge in [0.1, 0.15) is 16.6 Å². The fourth-order valence-corrected chi connectivity index (χ4v) is 3.81. The van der Waals surface area contributed by atoms with E-state index < -0.39 is 22.0 Å². The van der Waals surface area contributed by atoms with Crippen LogP contribution in [0.5, 0.6) is 0 Å². The monoisotopic (exact) mass is 300 g/mol. The Morgan fingerprint density at radius 2 is 2.15 bits per heavy atom. The van der Waals surface area contributed by atoms with Crippen LogP contribution >= 0.6 is 0 Å². The molecule has 0 aromatic carbocycles. The summed E-state index contributed by atoms with van der Waals surface area (Å²) in [6.07, 6.45) is 1.31. The van der Waals surface area contributed by atoms with Gasteiger partial charge in [0, 0.05) is 26.3 Å². The maximum Gasteiger partial charge on any atom is 0.265 e. The SMILES string of the molecule is CC1C(=O)NCCN1S(=O)(=O)c1cc(C(N)=O)n(C)c1. The number of sulfonamides is 1. The van der Waals surface area contributed by atoms with Crippen molar-refractivity contribution in [3.8, 4) is 0 Å². The van der Waals surface area contributed by atoms with Crippen LogP contribution in [0.15, 0.2) is 17.2 Å². The molecule has 1 saturated heterocycles. The van der Waals surface area contributed by atoms with Crippen molar-refractivity contribution in [2.75, 3.05) is 13.1 Å². The molecule has 1 aromatic heterocycles. The second-order valence-corrected chi connectivity index (χ2v) is 6.51. The third-order valence-corrected chi connectivity index (χ3v) is 5.22. The number of aromatic nitrogens is 1. The van der Waals surface area contributed by atoms with Crippen LogP contribution in [0.4, 0.5) is 0 Å². The van der Waals surface area contributed by atoms with Gasteiger partial charge < -0.3 is 15.6 Å².